The molecule has 0 atom stereocenters. The molecule has 2 nitrogen and oxygen atoms in total. The van der Waals surface area contributed by atoms with Gasteiger partial charge in [0.05, 0.1) is 5.69 Å². The summed E-state index contributed by atoms with van der Waals surface area (Å²) in [5.74, 6) is 0. The Kier molecular flexibility index (Phi) is 4.50. The van der Waals surface area contributed by atoms with Crippen LogP contribution in [0.1, 0.15) is 30.2 Å². The molecular weight excluding hydrogens is 240 g/mol. The van der Waals surface area contributed by atoms with E-state index in [1.54, 1.807) is 11.3 Å². The molecule has 0 aliphatic rings. The first kappa shape index (κ1) is 13.2. The lowest BCUT2D eigenvalue weighted by molar-refractivity contribution is 0.667. The van der Waals surface area contributed by atoms with E-state index < -0.39 is 0 Å². The van der Waals surface area contributed by atoms with Crippen molar-refractivity contribution in [3.05, 3.63) is 40.4 Å². The van der Waals surface area contributed by atoms with Crippen LogP contribution in [0.2, 0.25) is 0 Å². The zero-order chi connectivity index (χ0) is 13.0. The molecule has 2 aromatic rings. The molecule has 0 saturated heterocycles. The van der Waals surface area contributed by atoms with E-state index in [0.29, 0.717) is 0 Å². The molecule has 0 fully saturated rings. The second-order valence-corrected chi connectivity index (χ2v) is 5.43. The van der Waals surface area contributed by atoms with E-state index >= 15 is 0 Å². The molecule has 0 amide bonds. The van der Waals surface area contributed by atoms with E-state index in [0.717, 1.165) is 30.2 Å². The van der Waals surface area contributed by atoms with Crippen LogP contribution in [0, 0.1) is 13.8 Å². The van der Waals surface area contributed by atoms with Crippen molar-refractivity contribution in [3.8, 4) is 10.6 Å². The summed E-state index contributed by atoms with van der Waals surface area (Å²) in [6.07, 6.45) is 1.16. The zero-order valence-electron chi connectivity index (χ0n) is 11.3. The van der Waals surface area contributed by atoms with Crippen LogP contribution < -0.4 is 5.32 Å². The van der Waals surface area contributed by atoms with Gasteiger partial charge in [-0.05, 0) is 37.9 Å². The van der Waals surface area contributed by atoms with Gasteiger partial charge < -0.3 is 5.32 Å². The molecule has 0 aliphatic carbocycles. The Morgan fingerprint density at radius 2 is 2.11 bits per heavy atom. The smallest absolute Gasteiger partial charge is 0.123 e. The maximum absolute atomic E-state index is 4.71. The fourth-order valence-corrected chi connectivity index (χ4v) is 2.79. The Bertz CT molecular complexity index is 517. The predicted molar refractivity (Wildman–Crippen MR) is 79.0 cm³/mol. The maximum atomic E-state index is 4.71. The van der Waals surface area contributed by atoms with Gasteiger partial charge in [0.25, 0.3) is 0 Å². The van der Waals surface area contributed by atoms with Gasteiger partial charge in [-0.15, -0.1) is 11.3 Å². The highest BCUT2D eigenvalue weighted by molar-refractivity contribution is 7.13. The first-order valence-corrected chi connectivity index (χ1v) is 7.32. The van der Waals surface area contributed by atoms with Gasteiger partial charge in [-0.25, -0.2) is 4.98 Å². The quantitative estimate of drug-likeness (QED) is 0.824. The maximum Gasteiger partial charge on any atom is 0.123 e. The summed E-state index contributed by atoms with van der Waals surface area (Å²) in [4.78, 5) is 4.71. The number of hydrogen-bond acceptors (Lipinski definition) is 3. The molecule has 0 saturated carbocycles. The van der Waals surface area contributed by atoms with Gasteiger partial charge in [-0.2, -0.15) is 0 Å². The highest BCUT2D eigenvalue weighted by Crippen LogP contribution is 2.28. The van der Waals surface area contributed by atoms with Crippen molar-refractivity contribution >= 4 is 11.3 Å². The Morgan fingerprint density at radius 1 is 1.28 bits per heavy atom. The van der Waals surface area contributed by atoms with Crippen LogP contribution in [0.5, 0.6) is 0 Å². The number of rotatable bonds is 5. The number of hydrogen-bond donors (Lipinski definition) is 1. The van der Waals surface area contributed by atoms with Gasteiger partial charge in [-0.1, -0.05) is 25.1 Å². The van der Waals surface area contributed by atoms with Crippen molar-refractivity contribution in [2.24, 2.45) is 0 Å². The lowest BCUT2D eigenvalue weighted by Crippen LogP contribution is -2.13. The van der Waals surface area contributed by atoms with Gasteiger partial charge in [0, 0.05) is 17.5 Å². The standard InChI is InChI=1S/C15H20N2S/c1-4-8-16-9-13-10-18-15(17-13)14-7-5-6-11(2)12(14)3/h5-7,10,16H,4,8-9H2,1-3H3. The van der Waals surface area contributed by atoms with E-state index in [1.165, 1.54) is 16.7 Å². The Labute approximate surface area is 113 Å². The van der Waals surface area contributed by atoms with Crippen LogP contribution in [0.4, 0.5) is 0 Å². The molecule has 0 bridgehead atoms. The highest BCUT2D eigenvalue weighted by Gasteiger charge is 2.08. The zero-order valence-corrected chi connectivity index (χ0v) is 12.1. The monoisotopic (exact) mass is 260 g/mol. The molecular formula is C15H20N2S. The second kappa shape index (κ2) is 6.12. The first-order valence-electron chi connectivity index (χ1n) is 6.44. The fraction of sp³-hybridized carbons (Fsp3) is 0.400. The molecule has 0 radical (unpaired) electrons. The van der Waals surface area contributed by atoms with E-state index in [4.69, 9.17) is 4.98 Å². The minimum Gasteiger partial charge on any atom is -0.311 e. The lowest BCUT2D eigenvalue weighted by atomic mass is 10.0. The van der Waals surface area contributed by atoms with Crippen molar-refractivity contribution in [2.75, 3.05) is 6.54 Å². The number of thiazole rings is 1. The normalized spacial score (nSPS) is 10.8. The highest BCUT2D eigenvalue weighted by atomic mass is 32.1. The van der Waals surface area contributed by atoms with Gasteiger partial charge in [0.15, 0.2) is 0 Å². The molecule has 0 spiro atoms. The summed E-state index contributed by atoms with van der Waals surface area (Å²) in [7, 11) is 0. The van der Waals surface area contributed by atoms with Crippen molar-refractivity contribution in [1.29, 1.82) is 0 Å². The SMILES string of the molecule is CCCNCc1csc(-c2cccc(C)c2C)n1. The van der Waals surface area contributed by atoms with Crippen LogP contribution in [0.15, 0.2) is 23.6 Å². The van der Waals surface area contributed by atoms with Crippen molar-refractivity contribution in [3.63, 3.8) is 0 Å². The Balaban J connectivity index is 2.16. The largest absolute Gasteiger partial charge is 0.311 e. The minimum absolute atomic E-state index is 0.870. The van der Waals surface area contributed by atoms with Crippen LogP contribution >= 0.6 is 11.3 Å². The third kappa shape index (κ3) is 2.98. The molecule has 0 unspecified atom stereocenters. The van der Waals surface area contributed by atoms with Crippen LogP contribution in [0.25, 0.3) is 10.6 Å². The predicted octanol–water partition coefficient (Wildman–Crippen LogP) is 3.93. The van der Waals surface area contributed by atoms with Gasteiger partial charge in [-0.3, -0.25) is 0 Å². The second-order valence-electron chi connectivity index (χ2n) is 4.57. The average Bonchev–Trinajstić information content (AvgIpc) is 2.82. The summed E-state index contributed by atoms with van der Waals surface area (Å²) >= 11 is 1.73. The minimum atomic E-state index is 0.870. The molecule has 1 heterocycles. The molecule has 1 aromatic heterocycles. The molecule has 0 aliphatic heterocycles. The molecule has 1 N–H and O–H groups in total. The average molecular weight is 260 g/mol. The number of nitrogens with one attached hydrogen (secondary N) is 1. The number of aryl methyl sites for hydroxylation is 1. The molecule has 3 heteroatoms. The fourth-order valence-electron chi connectivity index (χ4n) is 1.89. The van der Waals surface area contributed by atoms with Gasteiger partial charge in [0.1, 0.15) is 5.01 Å². The topological polar surface area (TPSA) is 24.9 Å². The van der Waals surface area contributed by atoms with E-state index in [-0.39, 0.29) is 0 Å². The molecule has 96 valence electrons. The number of nitrogens with zero attached hydrogens (tertiary/aromatic N) is 1. The van der Waals surface area contributed by atoms with E-state index in [2.05, 4.69) is 49.7 Å². The van der Waals surface area contributed by atoms with Crippen LogP contribution in [-0.2, 0) is 6.54 Å². The lowest BCUT2D eigenvalue weighted by Gasteiger charge is -2.05. The summed E-state index contributed by atoms with van der Waals surface area (Å²) in [6.45, 7) is 8.42. The van der Waals surface area contributed by atoms with Gasteiger partial charge in [0.2, 0.25) is 0 Å². The number of benzene rings is 1. The van der Waals surface area contributed by atoms with Crippen LogP contribution in [-0.4, -0.2) is 11.5 Å². The summed E-state index contributed by atoms with van der Waals surface area (Å²) in [5, 5.41) is 6.67. The first-order chi connectivity index (χ1) is 8.72. The summed E-state index contributed by atoms with van der Waals surface area (Å²) in [6, 6.07) is 6.41. The van der Waals surface area contributed by atoms with Gasteiger partial charge >= 0.3 is 0 Å². The van der Waals surface area contributed by atoms with Crippen molar-refractivity contribution in [2.45, 2.75) is 33.7 Å². The Hall–Kier alpha value is -1.19. The summed E-state index contributed by atoms with van der Waals surface area (Å²) < 4.78 is 0. The molecule has 1 aromatic carbocycles. The molecule has 18 heavy (non-hydrogen) atoms. The summed E-state index contributed by atoms with van der Waals surface area (Å²) in [5.41, 5.74) is 5.07. The third-order valence-electron chi connectivity index (χ3n) is 3.12. The van der Waals surface area contributed by atoms with Crippen molar-refractivity contribution in [1.82, 2.24) is 10.3 Å². The number of aromatic nitrogens is 1. The Morgan fingerprint density at radius 3 is 2.89 bits per heavy atom. The molecule has 2 rings (SSSR count). The van der Waals surface area contributed by atoms with Crippen LogP contribution in [0.3, 0.4) is 0 Å². The van der Waals surface area contributed by atoms with E-state index in [9.17, 15) is 0 Å². The third-order valence-corrected chi connectivity index (χ3v) is 4.04. The van der Waals surface area contributed by atoms with E-state index in [1.807, 2.05) is 0 Å². The van der Waals surface area contributed by atoms with Crippen molar-refractivity contribution < 1.29 is 0 Å².